The van der Waals surface area contributed by atoms with Gasteiger partial charge < -0.3 is 10.4 Å². The molecular formula is C13H15FN4O2S. The third kappa shape index (κ3) is 4.20. The van der Waals surface area contributed by atoms with E-state index in [0.29, 0.717) is 5.13 Å². The largest absolute Gasteiger partial charge is 0.386 e. The van der Waals surface area contributed by atoms with Crippen LogP contribution >= 0.6 is 11.3 Å². The quantitative estimate of drug-likeness (QED) is 0.789. The molecule has 6 nitrogen and oxygen atoms in total. The summed E-state index contributed by atoms with van der Waals surface area (Å²) in [5.74, 6) is -0.510. The van der Waals surface area contributed by atoms with Gasteiger partial charge >= 0.3 is 6.03 Å². The number of carbonyl (C=O) groups is 1. The summed E-state index contributed by atoms with van der Waals surface area (Å²) in [6.45, 7) is 1.83. The Kier molecular flexibility index (Phi) is 5.18. The van der Waals surface area contributed by atoms with E-state index in [0.717, 1.165) is 11.4 Å². The molecule has 0 aliphatic rings. The molecule has 2 amide bonds. The summed E-state index contributed by atoms with van der Waals surface area (Å²) in [6.07, 6.45) is -0.370. The molecule has 21 heavy (non-hydrogen) atoms. The summed E-state index contributed by atoms with van der Waals surface area (Å²) in [7, 11) is 0. The second-order valence-corrected chi connectivity index (χ2v) is 5.29. The summed E-state index contributed by atoms with van der Waals surface area (Å²) in [5.41, 5.74) is 0.141. The zero-order chi connectivity index (χ0) is 15.2. The summed E-state index contributed by atoms with van der Waals surface area (Å²) < 4.78 is 13.4. The summed E-state index contributed by atoms with van der Waals surface area (Å²) in [6, 6.07) is 5.36. The van der Waals surface area contributed by atoms with Crippen molar-refractivity contribution in [2.45, 2.75) is 19.4 Å². The van der Waals surface area contributed by atoms with Crippen LogP contribution in [0.25, 0.3) is 0 Å². The number of carbonyl (C=O) groups excluding carboxylic acids is 1. The number of aromatic nitrogens is 2. The number of halogens is 1. The number of nitrogens with one attached hydrogen (secondary N) is 2. The number of rotatable bonds is 5. The second-order valence-electron chi connectivity index (χ2n) is 4.23. The lowest BCUT2D eigenvalue weighted by molar-refractivity contribution is 0.170. The van der Waals surface area contributed by atoms with Crippen molar-refractivity contribution in [3.63, 3.8) is 0 Å². The molecule has 1 aromatic carbocycles. The highest BCUT2D eigenvalue weighted by Gasteiger charge is 2.14. The second kappa shape index (κ2) is 7.09. The predicted molar refractivity (Wildman–Crippen MR) is 77.7 cm³/mol. The van der Waals surface area contributed by atoms with Crippen molar-refractivity contribution in [1.82, 2.24) is 15.5 Å². The van der Waals surface area contributed by atoms with Gasteiger partial charge in [-0.05, 0) is 12.5 Å². The number of anilines is 1. The van der Waals surface area contributed by atoms with Gasteiger partial charge in [0.15, 0.2) is 0 Å². The monoisotopic (exact) mass is 310 g/mol. The van der Waals surface area contributed by atoms with Crippen molar-refractivity contribution in [3.05, 3.63) is 40.7 Å². The molecule has 3 N–H and O–H groups in total. The van der Waals surface area contributed by atoms with E-state index in [1.807, 2.05) is 6.92 Å². The Morgan fingerprint density at radius 1 is 1.43 bits per heavy atom. The molecule has 1 heterocycles. The van der Waals surface area contributed by atoms with E-state index in [2.05, 4.69) is 20.8 Å². The maximum absolute atomic E-state index is 13.4. The zero-order valence-electron chi connectivity index (χ0n) is 11.3. The van der Waals surface area contributed by atoms with Crippen LogP contribution in [0.5, 0.6) is 0 Å². The van der Waals surface area contributed by atoms with Crippen LogP contribution in [0.1, 0.15) is 23.6 Å². The highest BCUT2D eigenvalue weighted by Crippen LogP contribution is 2.16. The number of hydrogen-bond donors (Lipinski definition) is 3. The first-order valence-electron chi connectivity index (χ1n) is 6.40. The van der Waals surface area contributed by atoms with Crippen LogP contribution in [0.2, 0.25) is 0 Å². The van der Waals surface area contributed by atoms with Gasteiger partial charge in [0.2, 0.25) is 5.13 Å². The van der Waals surface area contributed by atoms with Crippen LogP contribution in [0.15, 0.2) is 24.3 Å². The van der Waals surface area contributed by atoms with E-state index in [1.54, 1.807) is 6.07 Å². The smallest absolute Gasteiger partial charge is 0.321 e. The minimum atomic E-state index is -1.11. The van der Waals surface area contributed by atoms with Crippen molar-refractivity contribution < 1.29 is 14.3 Å². The standard InChI is InChI=1S/C13H15FN4O2S/c1-2-11-17-18-13(21-11)16-12(20)15-7-10(19)8-5-3-4-6-9(8)14/h3-6,10,19H,2,7H2,1H3,(H2,15,16,18,20). The predicted octanol–water partition coefficient (Wildman–Crippen LogP) is 2.09. The summed E-state index contributed by atoms with van der Waals surface area (Å²) in [5, 5.41) is 23.7. The lowest BCUT2D eigenvalue weighted by atomic mass is 10.1. The van der Waals surface area contributed by atoms with Crippen molar-refractivity contribution in [2.75, 3.05) is 11.9 Å². The molecule has 8 heteroatoms. The van der Waals surface area contributed by atoms with E-state index in [9.17, 15) is 14.3 Å². The van der Waals surface area contributed by atoms with Gasteiger partial charge in [-0.25, -0.2) is 9.18 Å². The molecule has 1 atom stereocenters. The molecule has 0 radical (unpaired) electrons. The maximum atomic E-state index is 13.4. The number of benzene rings is 1. The number of aliphatic hydroxyl groups excluding tert-OH is 1. The number of urea groups is 1. The molecule has 0 saturated carbocycles. The first-order valence-corrected chi connectivity index (χ1v) is 7.21. The SMILES string of the molecule is CCc1nnc(NC(=O)NCC(O)c2ccccc2F)s1. The van der Waals surface area contributed by atoms with Gasteiger partial charge in [-0.3, -0.25) is 5.32 Å². The Morgan fingerprint density at radius 2 is 2.19 bits per heavy atom. The molecule has 0 spiro atoms. The molecule has 112 valence electrons. The Bertz CT molecular complexity index is 620. The van der Waals surface area contributed by atoms with Crippen LogP contribution in [-0.4, -0.2) is 27.9 Å². The van der Waals surface area contributed by atoms with E-state index in [4.69, 9.17) is 0 Å². The first-order chi connectivity index (χ1) is 10.1. The molecule has 2 aromatic rings. The molecular weight excluding hydrogens is 295 g/mol. The van der Waals surface area contributed by atoms with Crippen molar-refractivity contribution in [3.8, 4) is 0 Å². The zero-order valence-corrected chi connectivity index (χ0v) is 12.2. The van der Waals surface area contributed by atoms with Crippen LogP contribution in [0.4, 0.5) is 14.3 Å². The third-order valence-corrected chi connectivity index (χ3v) is 3.69. The third-order valence-electron chi connectivity index (χ3n) is 2.71. The fourth-order valence-corrected chi connectivity index (χ4v) is 2.31. The van der Waals surface area contributed by atoms with Crippen LogP contribution in [0, 0.1) is 5.82 Å². The molecule has 0 bridgehead atoms. The normalized spacial score (nSPS) is 12.0. The Labute approximate surface area is 125 Å². The molecule has 1 unspecified atom stereocenters. The average Bonchev–Trinajstić information content (AvgIpc) is 2.93. The lowest BCUT2D eigenvalue weighted by Gasteiger charge is -2.12. The summed E-state index contributed by atoms with van der Waals surface area (Å²) >= 11 is 1.28. The van der Waals surface area contributed by atoms with Gasteiger partial charge in [-0.1, -0.05) is 36.5 Å². The van der Waals surface area contributed by atoms with E-state index < -0.39 is 18.0 Å². The van der Waals surface area contributed by atoms with E-state index in [-0.39, 0.29) is 12.1 Å². The fraction of sp³-hybridized carbons (Fsp3) is 0.308. The van der Waals surface area contributed by atoms with Gasteiger partial charge in [0, 0.05) is 12.1 Å². The van der Waals surface area contributed by atoms with Gasteiger partial charge in [0.1, 0.15) is 10.8 Å². The fourth-order valence-electron chi connectivity index (χ4n) is 1.63. The Hall–Kier alpha value is -2.06. The number of amides is 2. The van der Waals surface area contributed by atoms with Crippen molar-refractivity contribution >= 4 is 22.5 Å². The number of aliphatic hydroxyl groups is 1. The van der Waals surface area contributed by atoms with Gasteiger partial charge in [-0.15, -0.1) is 10.2 Å². The maximum Gasteiger partial charge on any atom is 0.321 e. The van der Waals surface area contributed by atoms with Gasteiger partial charge in [0.05, 0.1) is 6.10 Å². The van der Waals surface area contributed by atoms with Crippen molar-refractivity contribution in [1.29, 1.82) is 0 Å². The van der Waals surface area contributed by atoms with Gasteiger partial charge in [-0.2, -0.15) is 0 Å². The number of hydrogen-bond acceptors (Lipinski definition) is 5. The molecule has 1 aromatic heterocycles. The van der Waals surface area contributed by atoms with E-state index >= 15 is 0 Å². The highest BCUT2D eigenvalue weighted by atomic mass is 32.1. The van der Waals surface area contributed by atoms with Crippen molar-refractivity contribution in [2.24, 2.45) is 0 Å². The van der Waals surface area contributed by atoms with E-state index in [1.165, 1.54) is 29.5 Å². The molecule has 2 rings (SSSR count). The molecule has 0 aliphatic heterocycles. The first kappa shape index (κ1) is 15.3. The van der Waals surface area contributed by atoms with Crippen LogP contribution in [0.3, 0.4) is 0 Å². The van der Waals surface area contributed by atoms with Crippen LogP contribution in [-0.2, 0) is 6.42 Å². The van der Waals surface area contributed by atoms with Gasteiger partial charge in [0.25, 0.3) is 0 Å². The Balaban J connectivity index is 1.85. The molecule has 0 aliphatic carbocycles. The lowest BCUT2D eigenvalue weighted by Crippen LogP contribution is -2.32. The average molecular weight is 310 g/mol. The molecule has 0 saturated heterocycles. The highest BCUT2D eigenvalue weighted by molar-refractivity contribution is 7.15. The van der Waals surface area contributed by atoms with Crippen LogP contribution < -0.4 is 10.6 Å². The minimum Gasteiger partial charge on any atom is -0.386 e. The number of nitrogens with zero attached hydrogens (tertiary/aromatic N) is 2. The number of aryl methyl sites for hydroxylation is 1. The summed E-state index contributed by atoms with van der Waals surface area (Å²) in [4.78, 5) is 11.6. The molecule has 0 fully saturated rings. The Morgan fingerprint density at radius 3 is 2.86 bits per heavy atom. The topological polar surface area (TPSA) is 87.1 Å². The minimum absolute atomic E-state index is 0.105.